The molecule has 0 atom stereocenters. The van der Waals surface area contributed by atoms with Crippen molar-refractivity contribution in [1.82, 2.24) is 10.0 Å². The molecule has 2 aliphatic rings. The predicted octanol–water partition coefficient (Wildman–Crippen LogP) is 0.782. The van der Waals surface area contributed by atoms with Crippen LogP contribution in [0.5, 0.6) is 0 Å². The van der Waals surface area contributed by atoms with Crippen LogP contribution in [0.3, 0.4) is 0 Å². The van der Waals surface area contributed by atoms with Gasteiger partial charge in [0.05, 0.1) is 5.41 Å². The van der Waals surface area contributed by atoms with Crippen molar-refractivity contribution in [2.75, 3.05) is 14.1 Å². The van der Waals surface area contributed by atoms with Crippen molar-refractivity contribution >= 4 is 11.8 Å². The molecule has 14 heavy (non-hydrogen) atoms. The zero-order chi connectivity index (χ0) is 10.3. The summed E-state index contributed by atoms with van der Waals surface area (Å²) < 4.78 is 0. The standard InChI is InChI=1S/C10H16N2O2/c1-11(2)12-8(13)7-10(9(12)14)5-3-4-6-10/h3-7H2,1-2H3. The van der Waals surface area contributed by atoms with E-state index in [9.17, 15) is 9.59 Å². The maximum atomic E-state index is 12.0. The summed E-state index contributed by atoms with van der Waals surface area (Å²) >= 11 is 0. The molecular formula is C10H16N2O2. The number of carbonyl (C=O) groups excluding carboxylic acids is 2. The summed E-state index contributed by atoms with van der Waals surface area (Å²) in [6.07, 6.45) is 4.37. The van der Waals surface area contributed by atoms with Gasteiger partial charge in [-0.2, -0.15) is 0 Å². The smallest absolute Gasteiger partial charge is 0.250 e. The van der Waals surface area contributed by atoms with Crippen LogP contribution in [0, 0.1) is 5.41 Å². The minimum absolute atomic E-state index is 0.0185. The van der Waals surface area contributed by atoms with E-state index in [4.69, 9.17) is 0 Å². The van der Waals surface area contributed by atoms with Gasteiger partial charge in [-0.25, -0.2) is 10.0 Å². The molecule has 0 unspecified atom stereocenters. The number of hydrazine groups is 1. The van der Waals surface area contributed by atoms with E-state index >= 15 is 0 Å². The van der Waals surface area contributed by atoms with E-state index in [1.165, 1.54) is 5.01 Å². The quantitative estimate of drug-likeness (QED) is 0.582. The molecule has 1 saturated heterocycles. The van der Waals surface area contributed by atoms with Gasteiger partial charge in [-0.3, -0.25) is 9.59 Å². The van der Waals surface area contributed by atoms with Gasteiger partial charge in [0.15, 0.2) is 0 Å². The Morgan fingerprint density at radius 2 is 1.79 bits per heavy atom. The van der Waals surface area contributed by atoms with Gasteiger partial charge in [0.2, 0.25) is 5.91 Å². The fourth-order valence-corrected chi connectivity index (χ4v) is 2.63. The lowest BCUT2D eigenvalue weighted by Gasteiger charge is -2.24. The SMILES string of the molecule is CN(C)N1C(=O)CC2(CCCC2)C1=O. The summed E-state index contributed by atoms with van der Waals surface area (Å²) in [4.78, 5) is 23.7. The molecule has 1 saturated carbocycles. The van der Waals surface area contributed by atoms with Gasteiger partial charge in [-0.05, 0) is 12.8 Å². The zero-order valence-corrected chi connectivity index (χ0v) is 8.75. The Morgan fingerprint density at radius 1 is 1.21 bits per heavy atom. The zero-order valence-electron chi connectivity index (χ0n) is 8.75. The molecule has 0 N–H and O–H groups in total. The van der Waals surface area contributed by atoms with Crippen LogP contribution < -0.4 is 0 Å². The van der Waals surface area contributed by atoms with E-state index in [0.29, 0.717) is 6.42 Å². The first kappa shape index (κ1) is 9.65. The summed E-state index contributed by atoms with van der Waals surface area (Å²) in [5.41, 5.74) is -0.332. The molecule has 1 aliphatic carbocycles. The van der Waals surface area contributed by atoms with Crippen molar-refractivity contribution in [2.24, 2.45) is 5.41 Å². The maximum absolute atomic E-state index is 12.0. The highest BCUT2D eigenvalue weighted by molar-refractivity contribution is 6.05. The number of amides is 2. The Morgan fingerprint density at radius 3 is 2.21 bits per heavy atom. The second-order valence-corrected chi connectivity index (χ2v) is 4.52. The topological polar surface area (TPSA) is 40.6 Å². The number of hydrogen-bond donors (Lipinski definition) is 0. The summed E-state index contributed by atoms with van der Waals surface area (Å²) in [5, 5.41) is 2.89. The van der Waals surface area contributed by atoms with Gasteiger partial charge in [0, 0.05) is 20.5 Å². The van der Waals surface area contributed by atoms with Gasteiger partial charge in [-0.1, -0.05) is 12.8 Å². The van der Waals surface area contributed by atoms with Crippen LogP contribution in [-0.2, 0) is 9.59 Å². The van der Waals surface area contributed by atoms with Crippen LogP contribution in [0.25, 0.3) is 0 Å². The van der Waals surface area contributed by atoms with E-state index in [2.05, 4.69) is 0 Å². The minimum Gasteiger partial charge on any atom is -0.273 e. The average molecular weight is 196 g/mol. The van der Waals surface area contributed by atoms with E-state index < -0.39 is 0 Å². The number of nitrogens with zero attached hydrogens (tertiary/aromatic N) is 2. The molecule has 0 aromatic heterocycles. The fourth-order valence-electron chi connectivity index (χ4n) is 2.63. The second kappa shape index (κ2) is 3.05. The molecule has 0 aromatic carbocycles. The minimum atomic E-state index is -0.332. The van der Waals surface area contributed by atoms with E-state index in [0.717, 1.165) is 25.7 Å². The maximum Gasteiger partial charge on any atom is 0.250 e. The molecule has 0 radical (unpaired) electrons. The Bertz CT molecular complexity index is 280. The van der Waals surface area contributed by atoms with Gasteiger partial charge >= 0.3 is 0 Å². The lowest BCUT2D eigenvalue weighted by molar-refractivity contribution is -0.155. The van der Waals surface area contributed by atoms with Gasteiger partial charge in [0.25, 0.3) is 5.91 Å². The molecule has 0 aromatic rings. The molecule has 1 aliphatic heterocycles. The van der Waals surface area contributed by atoms with E-state index in [1.54, 1.807) is 19.1 Å². The Hall–Kier alpha value is -0.900. The lowest BCUT2D eigenvalue weighted by Crippen LogP contribution is -2.43. The van der Waals surface area contributed by atoms with Crippen LogP contribution >= 0.6 is 0 Å². The van der Waals surface area contributed by atoms with Gasteiger partial charge in [0.1, 0.15) is 0 Å². The first-order valence-electron chi connectivity index (χ1n) is 5.11. The van der Waals surface area contributed by atoms with Crippen molar-refractivity contribution in [3.63, 3.8) is 0 Å². The van der Waals surface area contributed by atoms with Crippen LogP contribution in [0.15, 0.2) is 0 Å². The molecule has 4 nitrogen and oxygen atoms in total. The van der Waals surface area contributed by atoms with Crippen LogP contribution in [0.4, 0.5) is 0 Å². The number of carbonyl (C=O) groups is 2. The Balaban J connectivity index is 2.26. The monoisotopic (exact) mass is 196 g/mol. The number of imide groups is 1. The van der Waals surface area contributed by atoms with Crippen molar-refractivity contribution < 1.29 is 9.59 Å². The molecule has 4 heteroatoms. The molecule has 1 heterocycles. The molecule has 2 amide bonds. The molecule has 2 rings (SSSR count). The average Bonchev–Trinajstić information content (AvgIpc) is 2.61. The Kier molecular flexibility index (Phi) is 2.10. The highest BCUT2D eigenvalue weighted by atomic mass is 16.2. The second-order valence-electron chi connectivity index (χ2n) is 4.52. The van der Waals surface area contributed by atoms with Crippen LogP contribution in [0.2, 0.25) is 0 Å². The molecule has 78 valence electrons. The Labute approximate surface area is 83.8 Å². The van der Waals surface area contributed by atoms with Crippen molar-refractivity contribution in [3.8, 4) is 0 Å². The van der Waals surface area contributed by atoms with Gasteiger partial charge in [-0.15, -0.1) is 0 Å². The summed E-state index contributed by atoms with van der Waals surface area (Å²) in [6, 6.07) is 0. The molecule has 2 fully saturated rings. The third-order valence-corrected chi connectivity index (χ3v) is 3.33. The largest absolute Gasteiger partial charge is 0.273 e. The molecule has 1 spiro atoms. The predicted molar refractivity (Wildman–Crippen MR) is 51.1 cm³/mol. The van der Waals surface area contributed by atoms with Crippen LogP contribution in [0.1, 0.15) is 32.1 Å². The first-order chi connectivity index (χ1) is 6.57. The first-order valence-corrected chi connectivity index (χ1v) is 5.11. The van der Waals surface area contributed by atoms with E-state index in [-0.39, 0.29) is 17.2 Å². The third kappa shape index (κ3) is 1.17. The van der Waals surface area contributed by atoms with Crippen molar-refractivity contribution in [3.05, 3.63) is 0 Å². The summed E-state index contributed by atoms with van der Waals surface area (Å²) in [6.45, 7) is 0. The van der Waals surface area contributed by atoms with Crippen molar-refractivity contribution in [1.29, 1.82) is 0 Å². The number of rotatable bonds is 1. The fraction of sp³-hybridized carbons (Fsp3) is 0.800. The van der Waals surface area contributed by atoms with Crippen molar-refractivity contribution in [2.45, 2.75) is 32.1 Å². The number of hydrogen-bond acceptors (Lipinski definition) is 3. The summed E-state index contributed by atoms with van der Waals surface area (Å²) in [5.74, 6) is -0.0214. The lowest BCUT2D eigenvalue weighted by atomic mass is 9.85. The summed E-state index contributed by atoms with van der Waals surface area (Å²) in [7, 11) is 3.48. The third-order valence-electron chi connectivity index (χ3n) is 3.33. The van der Waals surface area contributed by atoms with Gasteiger partial charge < -0.3 is 0 Å². The highest BCUT2D eigenvalue weighted by Gasteiger charge is 2.53. The molecular weight excluding hydrogens is 180 g/mol. The molecule has 0 bridgehead atoms. The van der Waals surface area contributed by atoms with E-state index in [1.807, 2.05) is 0 Å². The normalized spacial score (nSPS) is 25.8. The highest BCUT2D eigenvalue weighted by Crippen LogP contribution is 2.46. The van der Waals surface area contributed by atoms with Crippen LogP contribution in [-0.4, -0.2) is 35.9 Å².